The molecule has 2 aliphatic rings. The Labute approximate surface area is 155 Å². The Hall–Kier alpha value is -1.30. The molecule has 2 amide bonds. The van der Waals surface area contributed by atoms with Gasteiger partial charge < -0.3 is 15.1 Å². The van der Waals surface area contributed by atoms with E-state index in [9.17, 15) is 4.79 Å². The number of carbonyl (C=O) groups is 1. The fourth-order valence-electron chi connectivity index (χ4n) is 3.83. The number of urea groups is 1. The van der Waals surface area contributed by atoms with Gasteiger partial charge >= 0.3 is 6.03 Å². The van der Waals surface area contributed by atoms with Crippen LogP contribution in [0.5, 0.6) is 0 Å². The molecule has 1 N–H and O–H groups in total. The van der Waals surface area contributed by atoms with E-state index in [2.05, 4.69) is 22.2 Å². The zero-order chi connectivity index (χ0) is 17.8. The summed E-state index contributed by atoms with van der Waals surface area (Å²) in [4.78, 5) is 19.5. The maximum Gasteiger partial charge on any atom is 0.317 e. The molecule has 138 valence electrons. The summed E-state index contributed by atoms with van der Waals surface area (Å²) in [5.41, 5.74) is 0.961. The minimum absolute atomic E-state index is 0.00967. The lowest BCUT2D eigenvalue weighted by molar-refractivity contribution is 0.0744. The number of benzene rings is 1. The van der Waals surface area contributed by atoms with Crippen LogP contribution in [0.15, 0.2) is 24.3 Å². The molecule has 3 rings (SSSR count). The molecule has 2 heterocycles. The molecule has 0 aliphatic carbocycles. The Morgan fingerprint density at radius 3 is 2.40 bits per heavy atom. The second kappa shape index (κ2) is 8.39. The molecule has 1 atom stereocenters. The number of amides is 2. The highest BCUT2D eigenvalue weighted by atomic mass is 35.5. The van der Waals surface area contributed by atoms with Crippen molar-refractivity contribution in [3.63, 3.8) is 0 Å². The lowest BCUT2D eigenvalue weighted by atomic mass is 10.0. The number of piperidine rings is 1. The lowest BCUT2D eigenvalue weighted by Gasteiger charge is -2.42. The highest BCUT2D eigenvalue weighted by Crippen LogP contribution is 2.22. The summed E-state index contributed by atoms with van der Waals surface area (Å²) in [5, 5.41) is 3.78. The fraction of sp³-hybridized carbons (Fsp3) is 0.632. The molecule has 2 saturated heterocycles. The van der Waals surface area contributed by atoms with Gasteiger partial charge in [0, 0.05) is 37.2 Å². The average Bonchev–Trinajstić information content (AvgIpc) is 2.63. The SMILES string of the molecule is C[C@H](NC(=O)N1CCN(C2CCN(C)CC2)CC1)c1ccccc1Cl. The van der Waals surface area contributed by atoms with Gasteiger partial charge in [-0.1, -0.05) is 29.8 Å². The molecule has 2 aliphatic heterocycles. The Morgan fingerprint density at radius 1 is 1.12 bits per heavy atom. The molecule has 0 radical (unpaired) electrons. The molecule has 0 bridgehead atoms. The van der Waals surface area contributed by atoms with Crippen molar-refractivity contribution in [2.45, 2.75) is 31.8 Å². The van der Waals surface area contributed by atoms with Gasteiger partial charge in [-0.25, -0.2) is 4.79 Å². The molecule has 1 aromatic rings. The van der Waals surface area contributed by atoms with E-state index in [4.69, 9.17) is 11.6 Å². The molecule has 0 aromatic heterocycles. The van der Waals surface area contributed by atoms with Gasteiger partial charge in [0.25, 0.3) is 0 Å². The zero-order valence-corrected chi connectivity index (χ0v) is 16.0. The van der Waals surface area contributed by atoms with Gasteiger partial charge in [-0.2, -0.15) is 0 Å². The van der Waals surface area contributed by atoms with Gasteiger partial charge in [0.05, 0.1) is 6.04 Å². The first-order chi connectivity index (χ1) is 12.0. The van der Waals surface area contributed by atoms with Crippen LogP contribution in [0.2, 0.25) is 5.02 Å². The van der Waals surface area contributed by atoms with E-state index in [1.807, 2.05) is 36.1 Å². The van der Waals surface area contributed by atoms with Crippen LogP contribution < -0.4 is 5.32 Å². The van der Waals surface area contributed by atoms with Crippen molar-refractivity contribution in [2.75, 3.05) is 46.3 Å². The third-order valence-electron chi connectivity index (χ3n) is 5.52. The maximum absolute atomic E-state index is 12.6. The van der Waals surface area contributed by atoms with E-state index < -0.39 is 0 Å². The summed E-state index contributed by atoms with van der Waals surface area (Å²) in [6, 6.07) is 8.28. The van der Waals surface area contributed by atoms with Gasteiger partial charge in [-0.3, -0.25) is 4.90 Å². The Morgan fingerprint density at radius 2 is 1.76 bits per heavy atom. The van der Waals surface area contributed by atoms with E-state index in [-0.39, 0.29) is 12.1 Å². The summed E-state index contributed by atoms with van der Waals surface area (Å²) in [5.74, 6) is 0. The quantitative estimate of drug-likeness (QED) is 0.896. The lowest BCUT2D eigenvalue weighted by Crippen LogP contribution is -2.55. The topological polar surface area (TPSA) is 38.8 Å². The predicted octanol–water partition coefficient (Wildman–Crippen LogP) is 2.82. The Balaban J connectivity index is 1.47. The highest BCUT2D eigenvalue weighted by molar-refractivity contribution is 6.31. The summed E-state index contributed by atoms with van der Waals surface area (Å²) in [6.07, 6.45) is 2.48. The van der Waals surface area contributed by atoms with Crippen LogP contribution in [-0.2, 0) is 0 Å². The number of rotatable bonds is 3. The van der Waals surface area contributed by atoms with Crippen molar-refractivity contribution >= 4 is 17.6 Å². The molecule has 6 heteroatoms. The number of halogens is 1. The number of likely N-dealkylation sites (tertiary alicyclic amines) is 1. The maximum atomic E-state index is 12.6. The summed E-state index contributed by atoms with van der Waals surface area (Å²) >= 11 is 6.23. The third-order valence-corrected chi connectivity index (χ3v) is 5.86. The standard InChI is InChI=1S/C19H29ClN4O/c1-15(17-5-3-4-6-18(17)20)21-19(25)24-13-11-23(12-14-24)16-7-9-22(2)10-8-16/h3-6,15-16H,7-14H2,1-2H3,(H,21,25)/t15-/m0/s1. The van der Waals surface area contributed by atoms with Gasteiger partial charge in [0.2, 0.25) is 0 Å². The van der Waals surface area contributed by atoms with Crippen molar-refractivity contribution in [1.82, 2.24) is 20.0 Å². The first-order valence-electron chi connectivity index (χ1n) is 9.27. The average molecular weight is 365 g/mol. The van der Waals surface area contributed by atoms with Crippen molar-refractivity contribution in [3.8, 4) is 0 Å². The van der Waals surface area contributed by atoms with Crippen LogP contribution in [0.4, 0.5) is 4.79 Å². The number of piperazine rings is 1. The number of nitrogens with one attached hydrogen (secondary N) is 1. The van der Waals surface area contributed by atoms with E-state index in [0.29, 0.717) is 11.1 Å². The van der Waals surface area contributed by atoms with Crippen molar-refractivity contribution in [3.05, 3.63) is 34.9 Å². The van der Waals surface area contributed by atoms with Crippen LogP contribution >= 0.6 is 11.6 Å². The Bertz CT molecular complexity index is 581. The number of hydrogen-bond acceptors (Lipinski definition) is 3. The van der Waals surface area contributed by atoms with E-state index in [0.717, 1.165) is 31.7 Å². The first-order valence-corrected chi connectivity index (χ1v) is 9.65. The number of nitrogens with zero attached hydrogens (tertiary/aromatic N) is 3. The number of hydrogen-bond donors (Lipinski definition) is 1. The molecule has 0 spiro atoms. The van der Waals surface area contributed by atoms with E-state index >= 15 is 0 Å². The first kappa shape index (κ1) is 18.5. The van der Waals surface area contributed by atoms with Crippen LogP contribution in [0, 0.1) is 0 Å². The van der Waals surface area contributed by atoms with Crippen molar-refractivity contribution < 1.29 is 4.79 Å². The third kappa shape index (κ3) is 4.66. The summed E-state index contributed by atoms with van der Waals surface area (Å²) < 4.78 is 0. The van der Waals surface area contributed by atoms with Gasteiger partial charge in [0.15, 0.2) is 0 Å². The van der Waals surface area contributed by atoms with Crippen molar-refractivity contribution in [2.24, 2.45) is 0 Å². The minimum atomic E-state index is -0.0897. The molecule has 25 heavy (non-hydrogen) atoms. The molecule has 2 fully saturated rings. The molecule has 0 saturated carbocycles. The van der Waals surface area contributed by atoms with Gasteiger partial charge in [0.1, 0.15) is 0 Å². The smallest absolute Gasteiger partial charge is 0.317 e. The van der Waals surface area contributed by atoms with Crippen molar-refractivity contribution in [1.29, 1.82) is 0 Å². The predicted molar refractivity (Wildman–Crippen MR) is 102 cm³/mol. The van der Waals surface area contributed by atoms with Gasteiger partial charge in [-0.05, 0) is 51.5 Å². The van der Waals surface area contributed by atoms with Crippen LogP contribution in [0.3, 0.4) is 0 Å². The van der Waals surface area contributed by atoms with E-state index in [1.165, 1.54) is 25.9 Å². The summed E-state index contributed by atoms with van der Waals surface area (Å²) in [6.45, 7) is 7.89. The Kier molecular flexibility index (Phi) is 6.20. The molecule has 0 unspecified atom stereocenters. The second-order valence-electron chi connectivity index (χ2n) is 7.25. The monoisotopic (exact) mass is 364 g/mol. The number of carbonyl (C=O) groups excluding carboxylic acids is 1. The van der Waals surface area contributed by atoms with Crippen LogP contribution in [0.25, 0.3) is 0 Å². The van der Waals surface area contributed by atoms with Crippen LogP contribution in [0.1, 0.15) is 31.4 Å². The molecular formula is C19H29ClN4O. The minimum Gasteiger partial charge on any atom is -0.331 e. The molecular weight excluding hydrogens is 336 g/mol. The van der Waals surface area contributed by atoms with Gasteiger partial charge in [-0.15, -0.1) is 0 Å². The summed E-state index contributed by atoms with van der Waals surface area (Å²) in [7, 11) is 2.19. The zero-order valence-electron chi connectivity index (χ0n) is 15.2. The van der Waals surface area contributed by atoms with E-state index in [1.54, 1.807) is 0 Å². The molecule has 1 aromatic carbocycles. The molecule has 5 nitrogen and oxygen atoms in total. The fourth-order valence-corrected chi connectivity index (χ4v) is 4.13. The second-order valence-corrected chi connectivity index (χ2v) is 7.66. The normalized spacial score (nSPS) is 22.0. The van der Waals surface area contributed by atoms with Crippen LogP contribution in [-0.4, -0.2) is 73.1 Å². The largest absolute Gasteiger partial charge is 0.331 e. The highest BCUT2D eigenvalue weighted by Gasteiger charge is 2.28.